The third kappa shape index (κ3) is 3.81. The molecule has 0 spiro atoms. The van der Waals surface area contributed by atoms with Crippen LogP contribution in [0.3, 0.4) is 0 Å². The van der Waals surface area contributed by atoms with E-state index >= 15 is 0 Å². The molecular formula is C13H20ClN3O. The molecule has 1 rings (SSSR count). The van der Waals surface area contributed by atoms with Crippen LogP contribution in [0.15, 0.2) is 23.4 Å². The molecule has 0 amide bonds. The summed E-state index contributed by atoms with van der Waals surface area (Å²) in [7, 11) is 2.01. The van der Waals surface area contributed by atoms with Crippen LogP contribution in [0.25, 0.3) is 0 Å². The van der Waals surface area contributed by atoms with E-state index in [9.17, 15) is 0 Å². The van der Waals surface area contributed by atoms with Gasteiger partial charge in [0, 0.05) is 19.2 Å². The van der Waals surface area contributed by atoms with Crippen LogP contribution in [0, 0.1) is 5.92 Å². The van der Waals surface area contributed by atoms with Crippen LogP contribution in [0.1, 0.15) is 25.8 Å². The molecule has 0 unspecified atom stereocenters. The topological polar surface area (TPSA) is 61.8 Å². The van der Waals surface area contributed by atoms with Gasteiger partial charge in [0.2, 0.25) is 0 Å². The number of anilines is 1. The monoisotopic (exact) mass is 269 g/mol. The molecule has 0 aliphatic rings. The normalized spacial score (nSPS) is 11.9. The average molecular weight is 270 g/mol. The molecule has 3 N–H and O–H groups in total. The van der Waals surface area contributed by atoms with E-state index in [1.165, 1.54) is 0 Å². The van der Waals surface area contributed by atoms with Gasteiger partial charge in [0.05, 0.1) is 10.7 Å². The highest BCUT2D eigenvalue weighted by atomic mass is 35.5. The first-order chi connectivity index (χ1) is 8.45. The molecule has 4 nitrogen and oxygen atoms in total. The lowest BCUT2D eigenvalue weighted by molar-refractivity contribution is 0.318. The van der Waals surface area contributed by atoms with E-state index in [1.54, 1.807) is 12.1 Å². The number of nitrogens with two attached hydrogens (primary N) is 1. The molecule has 0 aromatic heterocycles. The van der Waals surface area contributed by atoms with Gasteiger partial charge < -0.3 is 15.8 Å². The average Bonchev–Trinajstić information content (AvgIpc) is 2.34. The number of oxime groups is 1. The van der Waals surface area contributed by atoms with Gasteiger partial charge in [0.15, 0.2) is 5.84 Å². The molecule has 0 atom stereocenters. The lowest BCUT2D eigenvalue weighted by atomic mass is 10.1. The minimum absolute atomic E-state index is 0.0632. The summed E-state index contributed by atoms with van der Waals surface area (Å²) in [6.07, 6.45) is 1.11. The Morgan fingerprint density at radius 3 is 2.67 bits per heavy atom. The molecular weight excluding hydrogens is 250 g/mol. The van der Waals surface area contributed by atoms with E-state index < -0.39 is 0 Å². The van der Waals surface area contributed by atoms with E-state index in [0.717, 1.165) is 18.7 Å². The molecule has 0 radical (unpaired) electrons. The summed E-state index contributed by atoms with van der Waals surface area (Å²) in [4.78, 5) is 2.11. The first-order valence-corrected chi connectivity index (χ1v) is 6.32. The van der Waals surface area contributed by atoms with Crippen LogP contribution in [0.5, 0.6) is 0 Å². The molecule has 0 saturated carbocycles. The van der Waals surface area contributed by atoms with Crippen LogP contribution in [-0.2, 0) is 0 Å². The van der Waals surface area contributed by atoms with E-state index in [1.807, 2.05) is 13.1 Å². The van der Waals surface area contributed by atoms with Crippen molar-refractivity contribution >= 4 is 23.1 Å². The van der Waals surface area contributed by atoms with Crippen LogP contribution < -0.4 is 10.6 Å². The molecule has 0 aliphatic heterocycles. The van der Waals surface area contributed by atoms with Crippen molar-refractivity contribution in [3.05, 3.63) is 28.8 Å². The molecule has 5 heteroatoms. The van der Waals surface area contributed by atoms with Crippen LogP contribution in [0.4, 0.5) is 5.69 Å². The summed E-state index contributed by atoms with van der Waals surface area (Å²) >= 11 is 6.21. The van der Waals surface area contributed by atoms with Gasteiger partial charge >= 0.3 is 0 Å². The van der Waals surface area contributed by atoms with Gasteiger partial charge in [-0.1, -0.05) is 30.6 Å². The molecule has 1 aromatic rings. The maximum absolute atomic E-state index is 8.61. The highest BCUT2D eigenvalue weighted by molar-refractivity contribution is 6.33. The quantitative estimate of drug-likeness (QED) is 0.374. The number of benzene rings is 1. The van der Waals surface area contributed by atoms with Gasteiger partial charge in [-0.2, -0.15) is 0 Å². The van der Waals surface area contributed by atoms with Crippen molar-refractivity contribution in [2.75, 3.05) is 18.5 Å². The Kier molecular flexibility index (Phi) is 5.28. The van der Waals surface area contributed by atoms with Gasteiger partial charge in [-0.3, -0.25) is 0 Å². The zero-order valence-electron chi connectivity index (χ0n) is 11.0. The Morgan fingerprint density at radius 1 is 1.50 bits per heavy atom. The Hall–Kier alpha value is -1.42. The summed E-state index contributed by atoms with van der Waals surface area (Å²) in [5, 5.41) is 12.2. The summed E-state index contributed by atoms with van der Waals surface area (Å²) in [6, 6.07) is 5.38. The Bertz CT molecular complexity index is 432. The second-order valence-electron chi connectivity index (χ2n) is 4.76. The van der Waals surface area contributed by atoms with Gasteiger partial charge in [0.25, 0.3) is 0 Å². The van der Waals surface area contributed by atoms with Gasteiger partial charge in [-0.25, -0.2) is 0 Å². The summed E-state index contributed by atoms with van der Waals surface area (Å²) in [6.45, 7) is 5.33. The first kappa shape index (κ1) is 14.6. The molecule has 0 heterocycles. The molecule has 100 valence electrons. The number of halogens is 1. The minimum Gasteiger partial charge on any atom is -0.409 e. The lowest BCUT2D eigenvalue weighted by Gasteiger charge is -2.22. The van der Waals surface area contributed by atoms with Crippen LogP contribution in [0.2, 0.25) is 5.02 Å². The number of hydrogen-bond acceptors (Lipinski definition) is 3. The Labute approximate surface area is 113 Å². The molecule has 0 saturated heterocycles. The van der Waals surface area contributed by atoms with E-state index in [0.29, 0.717) is 16.5 Å². The zero-order chi connectivity index (χ0) is 13.7. The van der Waals surface area contributed by atoms with Crippen molar-refractivity contribution in [1.82, 2.24) is 0 Å². The fourth-order valence-corrected chi connectivity index (χ4v) is 1.93. The van der Waals surface area contributed by atoms with Crippen LogP contribution in [-0.4, -0.2) is 24.6 Å². The van der Waals surface area contributed by atoms with Crippen molar-refractivity contribution < 1.29 is 5.21 Å². The molecule has 1 aromatic carbocycles. The molecule has 18 heavy (non-hydrogen) atoms. The summed E-state index contributed by atoms with van der Waals surface area (Å²) in [5.74, 6) is 0.718. The number of amidine groups is 1. The highest BCUT2D eigenvalue weighted by Crippen LogP contribution is 2.26. The van der Waals surface area contributed by atoms with Gasteiger partial charge in [0.1, 0.15) is 0 Å². The van der Waals surface area contributed by atoms with E-state index in [2.05, 4.69) is 23.9 Å². The standard InChI is InChI=1S/C13H20ClN3O/c1-9(2)6-7-17(3)12-5-4-10(8-11(12)14)13(15)16-18/h4-5,8-9,18H,6-7H2,1-3H3,(H2,15,16). The van der Waals surface area contributed by atoms with Gasteiger partial charge in [-0.05, 0) is 30.5 Å². The molecule has 0 fully saturated rings. The number of hydrogen-bond donors (Lipinski definition) is 2. The smallest absolute Gasteiger partial charge is 0.170 e. The predicted octanol–water partition coefficient (Wildman–Crippen LogP) is 2.92. The van der Waals surface area contributed by atoms with Crippen LogP contribution >= 0.6 is 11.6 Å². The second-order valence-corrected chi connectivity index (χ2v) is 5.16. The lowest BCUT2D eigenvalue weighted by Crippen LogP contribution is -2.20. The van der Waals surface area contributed by atoms with Crippen molar-refractivity contribution in [3.63, 3.8) is 0 Å². The first-order valence-electron chi connectivity index (χ1n) is 5.94. The molecule has 0 aliphatic carbocycles. The second kappa shape index (κ2) is 6.50. The largest absolute Gasteiger partial charge is 0.409 e. The van der Waals surface area contributed by atoms with Crippen molar-refractivity contribution in [2.45, 2.75) is 20.3 Å². The fraction of sp³-hybridized carbons (Fsp3) is 0.462. The number of nitrogens with zero attached hydrogens (tertiary/aromatic N) is 2. The summed E-state index contributed by atoms with van der Waals surface area (Å²) in [5.41, 5.74) is 7.08. The maximum Gasteiger partial charge on any atom is 0.170 e. The Morgan fingerprint density at radius 2 is 2.17 bits per heavy atom. The maximum atomic E-state index is 8.61. The zero-order valence-corrected chi connectivity index (χ0v) is 11.8. The number of rotatable bonds is 5. The SMILES string of the molecule is CC(C)CCN(C)c1ccc(/C(N)=N/O)cc1Cl. The van der Waals surface area contributed by atoms with Crippen molar-refractivity contribution in [1.29, 1.82) is 0 Å². The van der Waals surface area contributed by atoms with E-state index in [4.69, 9.17) is 22.5 Å². The predicted molar refractivity (Wildman–Crippen MR) is 76.7 cm³/mol. The third-order valence-corrected chi connectivity index (χ3v) is 3.11. The minimum atomic E-state index is 0.0632. The Balaban J connectivity index is 2.85. The molecule has 0 bridgehead atoms. The fourth-order valence-electron chi connectivity index (χ4n) is 1.61. The van der Waals surface area contributed by atoms with E-state index in [-0.39, 0.29) is 5.84 Å². The third-order valence-electron chi connectivity index (χ3n) is 2.80. The van der Waals surface area contributed by atoms with Gasteiger partial charge in [-0.15, -0.1) is 0 Å². The van der Waals surface area contributed by atoms with Crippen molar-refractivity contribution in [2.24, 2.45) is 16.8 Å². The summed E-state index contributed by atoms with van der Waals surface area (Å²) < 4.78 is 0. The highest BCUT2D eigenvalue weighted by Gasteiger charge is 2.09. The van der Waals surface area contributed by atoms with Crippen molar-refractivity contribution in [3.8, 4) is 0 Å².